The Bertz CT molecular complexity index is 485. The summed E-state index contributed by atoms with van der Waals surface area (Å²) in [5, 5.41) is 0. The first kappa shape index (κ1) is 14.6. The number of likely N-dealkylation sites (tertiary alicyclic amines) is 1. The van der Waals surface area contributed by atoms with Crippen molar-refractivity contribution >= 4 is 0 Å². The number of ether oxygens (including phenoxy) is 4. The predicted octanol–water partition coefficient (Wildman–Crippen LogP) is 0.761. The molecule has 0 bridgehead atoms. The van der Waals surface area contributed by atoms with E-state index in [0.29, 0.717) is 6.54 Å². The van der Waals surface area contributed by atoms with Crippen LogP contribution in [0.25, 0.3) is 0 Å². The Morgan fingerprint density at radius 2 is 1.86 bits per heavy atom. The highest BCUT2D eigenvalue weighted by Gasteiger charge is 2.36. The molecular formula is C15H22N2O4. The van der Waals surface area contributed by atoms with Crippen molar-refractivity contribution in [2.45, 2.75) is 18.2 Å². The van der Waals surface area contributed by atoms with Gasteiger partial charge in [-0.1, -0.05) is 6.07 Å². The molecule has 3 atom stereocenters. The van der Waals surface area contributed by atoms with Crippen molar-refractivity contribution in [3.63, 3.8) is 0 Å². The number of nitrogens with two attached hydrogens (primary N) is 1. The van der Waals surface area contributed by atoms with Crippen LogP contribution in [-0.2, 0) is 9.47 Å². The molecule has 6 heteroatoms. The summed E-state index contributed by atoms with van der Waals surface area (Å²) in [5.41, 5.74) is 7.14. The summed E-state index contributed by atoms with van der Waals surface area (Å²) >= 11 is 0. The molecule has 0 saturated carbocycles. The van der Waals surface area contributed by atoms with Crippen molar-refractivity contribution in [3.05, 3.63) is 23.8 Å². The second-order valence-electron chi connectivity index (χ2n) is 5.37. The molecule has 1 fully saturated rings. The smallest absolute Gasteiger partial charge is 0.231 e. The molecule has 2 heterocycles. The van der Waals surface area contributed by atoms with Gasteiger partial charge in [-0.3, -0.25) is 4.90 Å². The molecule has 1 aromatic rings. The monoisotopic (exact) mass is 294 g/mol. The fourth-order valence-corrected chi connectivity index (χ4v) is 3.10. The number of methoxy groups -OCH3 is 2. The molecule has 0 amide bonds. The summed E-state index contributed by atoms with van der Waals surface area (Å²) in [6.07, 6.45) is 0.163. The van der Waals surface area contributed by atoms with Gasteiger partial charge >= 0.3 is 0 Å². The van der Waals surface area contributed by atoms with E-state index >= 15 is 0 Å². The first-order chi connectivity index (χ1) is 10.3. The van der Waals surface area contributed by atoms with E-state index in [4.69, 9.17) is 24.7 Å². The summed E-state index contributed by atoms with van der Waals surface area (Å²) in [6, 6.07) is 6.13. The minimum Gasteiger partial charge on any atom is -0.454 e. The van der Waals surface area contributed by atoms with Crippen LogP contribution in [0.15, 0.2) is 18.2 Å². The van der Waals surface area contributed by atoms with Crippen LogP contribution >= 0.6 is 0 Å². The highest BCUT2D eigenvalue weighted by atomic mass is 16.7. The summed E-state index contributed by atoms with van der Waals surface area (Å²) in [4.78, 5) is 2.31. The topological polar surface area (TPSA) is 66.2 Å². The van der Waals surface area contributed by atoms with Crippen molar-refractivity contribution in [2.75, 3.05) is 40.6 Å². The molecule has 6 nitrogen and oxygen atoms in total. The van der Waals surface area contributed by atoms with Crippen molar-refractivity contribution in [1.82, 2.24) is 4.90 Å². The second kappa shape index (κ2) is 6.19. The van der Waals surface area contributed by atoms with Gasteiger partial charge in [0.05, 0.1) is 12.2 Å². The van der Waals surface area contributed by atoms with Crippen molar-refractivity contribution in [2.24, 2.45) is 5.73 Å². The zero-order chi connectivity index (χ0) is 14.8. The van der Waals surface area contributed by atoms with E-state index in [-0.39, 0.29) is 25.0 Å². The van der Waals surface area contributed by atoms with Crippen LogP contribution in [0.4, 0.5) is 0 Å². The van der Waals surface area contributed by atoms with Crippen molar-refractivity contribution in [1.29, 1.82) is 0 Å². The van der Waals surface area contributed by atoms with Crippen LogP contribution in [0.3, 0.4) is 0 Å². The van der Waals surface area contributed by atoms with Gasteiger partial charge in [0.15, 0.2) is 11.5 Å². The van der Waals surface area contributed by atoms with Gasteiger partial charge in [-0.25, -0.2) is 0 Å². The van der Waals surface area contributed by atoms with Gasteiger partial charge < -0.3 is 24.7 Å². The van der Waals surface area contributed by atoms with Crippen LogP contribution in [-0.4, -0.2) is 57.8 Å². The molecule has 0 radical (unpaired) electrons. The fourth-order valence-electron chi connectivity index (χ4n) is 3.10. The fraction of sp³-hybridized carbons (Fsp3) is 0.600. The van der Waals surface area contributed by atoms with E-state index in [0.717, 1.165) is 30.2 Å². The quantitative estimate of drug-likeness (QED) is 0.865. The lowest BCUT2D eigenvalue weighted by Crippen LogP contribution is -2.33. The van der Waals surface area contributed by atoms with E-state index in [1.54, 1.807) is 14.2 Å². The molecule has 2 aliphatic heterocycles. The molecule has 1 aromatic carbocycles. The lowest BCUT2D eigenvalue weighted by atomic mass is 10.0. The maximum absolute atomic E-state index is 6.01. The molecule has 0 aliphatic carbocycles. The molecule has 0 spiro atoms. The highest BCUT2D eigenvalue weighted by Crippen LogP contribution is 2.36. The van der Waals surface area contributed by atoms with Gasteiger partial charge in [0.2, 0.25) is 6.79 Å². The normalized spacial score (nSPS) is 26.2. The molecule has 1 saturated heterocycles. The van der Waals surface area contributed by atoms with Crippen LogP contribution in [0.5, 0.6) is 11.5 Å². The number of fused-ring (bicyclic) bond motifs is 1. The summed E-state index contributed by atoms with van der Waals surface area (Å²) in [5.74, 6) is 1.58. The zero-order valence-corrected chi connectivity index (χ0v) is 12.5. The standard InChI is InChI=1S/C15H22N2O4/c1-18-14-7-17(8-15(14)19-2)11(6-16)10-3-4-12-13(5-10)21-9-20-12/h3-5,11,14-15H,6-9,16H2,1-2H3. The van der Waals surface area contributed by atoms with Crippen LogP contribution in [0.2, 0.25) is 0 Å². The van der Waals surface area contributed by atoms with E-state index in [9.17, 15) is 0 Å². The Morgan fingerprint density at radius 1 is 1.19 bits per heavy atom. The molecule has 2 N–H and O–H groups in total. The van der Waals surface area contributed by atoms with Gasteiger partial charge in [0.1, 0.15) is 0 Å². The summed E-state index contributed by atoms with van der Waals surface area (Å²) < 4.78 is 21.8. The van der Waals surface area contributed by atoms with Crippen LogP contribution in [0, 0.1) is 0 Å². The Hall–Kier alpha value is -1.34. The third kappa shape index (κ3) is 2.72. The summed E-state index contributed by atoms with van der Waals surface area (Å²) in [7, 11) is 3.44. The van der Waals surface area contributed by atoms with Crippen molar-refractivity contribution in [3.8, 4) is 11.5 Å². The Morgan fingerprint density at radius 3 is 2.48 bits per heavy atom. The molecule has 3 rings (SSSR count). The number of hydrogen-bond donors (Lipinski definition) is 1. The predicted molar refractivity (Wildman–Crippen MR) is 77.5 cm³/mol. The second-order valence-corrected chi connectivity index (χ2v) is 5.37. The molecular weight excluding hydrogens is 272 g/mol. The Kier molecular flexibility index (Phi) is 4.30. The van der Waals surface area contributed by atoms with Gasteiger partial charge in [-0.05, 0) is 17.7 Å². The first-order valence-corrected chi connectivity index (χ1v) is 7.16. The van der Waals surface area contributed by atoms with E-state index in [1.807, 2.05) is 18.2 Å². The number of nitrogens with zero attached hydrogens (tertiary/aromatic N) is 1. The van der Waals surface area contributed by atoms with E-state index in [1.165, 1.54) is 0 Å². The third-order valence-corrected chi connectivity index (χ3v) is 4.29. The molecule has 0 aromatic heterocycles. The molecule has 21 heavy (non-hydrogen) atoms. The van der Waals surface area contributed by atoms with Crippen molar-refractivity contribution < 1.29 is 18.9 Å². The lowest BCUT2D eigenvalue weighted by molar-refractivity contribution is -0.00461. The van der Waals surface area contributed by atoms with Gasteiger partial charge in [-0.15, -0.1) is 0 Å². The van der Waals surface area contributed by atoms with Gasteiger partial charge in [-0.2, -0.15) is 0 Å². The molecule has 3 unspecified atom stereocenters. The number of benzene rings is 1. The van der Waals surface area contributed by atoms with Gasteiger partial charge in [0.25, 0.3) is 0 Å². The highest BCUT2D eigenvalue weighted by molar-refractivity contribution is 5.45. The van der Waals surface area contributed by atoms with E-state index < -0.39 is 0 Å². The Balaban J connectivity index is 1.79. The average molecular weight is 294 g/mol. The maximum Gasteiger partial charge on any atom is 0.231 e. The minimum atomic E-state index is 0.0815. The maximum atomic E-state index is 6.01. The first-order valence-electron chi connectivity index (χ1n) is 7.16. The van der Waals surface area contributed by atoms with Gasteiger partial charge in [0, 0.05) is 39.9 Å². The zero-order valence-electron chi connectivity index (χ0n) is 12.5. The van der Waals surface area contributed by atoms with E-state index in [2.05, 4.69) is 4.90 Å². The van der Waals surface area contributed by atoms with Crippen LogP contribution < -0.4 is 15.2 Å². The minimum absolute atomic E-state index is 0.0815. The SMILES string of the molecule is COC1CN(C(CN)c2ccc3c(c2)OCO3)CC1OC. The summed E-state index contributed by atoms with van der Waals surface area (Å²) in [6.45, 7) is 2.44. The average Bonchev–Trinajstić information content (AvgIpc) is 3.13. The number of rotatable bonds is 5. The number of hydrogen-bond acceptors (Lipinski definition) is 6. The largest absolute Gasteiger partial charge is 0.454 e. The Labute approximate surface area is 124 Å². The van der Waals surface area contributed by atoms with Crippen LogP contribution in [0.1, 0.15) is 11.6 Å². The molecule has 116 valence electrons. The molecule has 2 aliphatic rings. The lowest BCUT2D eigenvalue weighted by Gasteiger charge is -2.27. The third-order valence-electron chi connectivity index (χ3n) is 4.29.